The smallest absolute Gasteiger partial charge is 0.410 e. The molecule has 2 saturated heterocycles. The molecular formula is C23H29NO3. The van der Waals surface area contributed by atoms with Gasteiger partial charge in [-0.05, 0) is 56.4 Å². The van der Waals surface area contributed by atoms with Crippen molar-refractivity contribution in [1.82, 2.24) is 4.90 Å². The van der Waals surface area contributed by atoms with Gasteiger partial charge in [0.15, 0.2) is 0 Å². The van der Waals surface area contributed by atoms with Gasteiger partial charge >= 0.3 is 6.09 Å². The maximum Gasteiger partial charge on any atom is 0.410 e. The molecule has 2 aliphatic heterocycles. The highest BCUT2D eigenvalue weighted by Gasteiger charge is 2.49. The Morgan fingerprint density at radius 3 is 2.37 bits per heavy atom. The second kappa shape index (κ2) is 6.52. The lowest BCUT2D eigenvalue weighted by atomic mass is 9.72. The van der Waals surface area contributed by atoms with Gasteiger partial charge in [0.25, 0.3) is 0 Å². The third-order valence-electron chi connectivity index (χ3n) is 5.90. The van der Waals surface area contributed by atoms with Crippen LogP contribution >= 0.6 is 0 Å². The number of rotatable bonds is 1. The summed E-state index contributed by atoms with van der Waals surface area (Å²) in [5.74, 6) is 0. The van der Waals surface area contributed by atoms with Crippen LogP contribution in [0.25, 0.3) is 10.8 Å². The molecule has 0 radical (unpaired) electrons. The van der Waals surface area contributed by atoms with E-state index >= 15 is 0 Å². The molecule has 0 aromatic heterocycles. The maximum absolute atomic E-state index is 12.8. The number of hydrogen-bond acceptors (Lipinski definition) is 3. The van der Waals surface area contributed by atoms with Crippen LogP contribution in [-0.4, -0.2) is 33.8 Å². The molecule has 1 amide bonds. The first-order valence-electron chi connectivity index (χ1n) is 9.99. The van der Waals surface area contributed by atoms with Gasteiger partial charge in [0.2, 0.25) is 0 Å². The summed E-state index contributed by atoms with van der Waals surface area (Å²) in [4.78, 5) is 14.7. The average molecular weight is 367 g/mol. The Kier molecular flexibility index (Phi) is 4.42. The van der Waals surface area contributed by atoms with Crippen LogP contribution < -0.4 is 0 Å². The largest absolute Gasteiger partial charge is 0.444 e. The van der Waals surface area contributed by atoms with E-state index in [1.54, 1.807) is 0 Å². The predicted molar refractivity (Wildman–Crippen MR) is 107 cm³/mol. The van der Waals surface area contributed by atoms with E-state index in [0.717, 1.165) is 35.6 Å². The van der Waals surface area contributed by atoms with Gasteiger partial charge in [0.1, 0.15) is 5.60 Å². The molecule has 0 aliphatic carbocycles. The van der Waals surface area contributed by atoms with Crippen LogP contribution in [0.4, 0.5) is 4.79 Å². The van der Waals surface area contributed by atoms with E-state index in [0.29, 0.717) is 12.8 Å². The van der Waals surface area contributed by atoms with E-state index < -0.39 is 11.2 Å². The van der Waals surface area contributed by atoms with Crippen molar-refractivity contribution >= 4 is 16.9 Å². The van der Waals surface area contributed by atoms with E-state index in [2.05, 4.69) is 18.2 Å². The van der Waals surface area contributed by atoms with E-state index in [9.17, 15) is 9.90 Å². The zero-order valence-electron chi connectivity index (χ0n) is 16.4. The van der Waals surface area contributed by atoms with E-state index in [-0.39, 0.29) is 18.2 Å². The molecule has 2 aromatic carbocycles. The van der Waals surface area contributed by atoms with Gasteiger partial charge in [-0.2, -0.15) is 0 Å². The molecule has 2 aromatic rings. The minimum absolute atomic E-state index is 0.0244. The number of piperidine rings is 2. The van der Waals surface area contributed by atoms with Crippen molar-refractivity contribution in [3.63, 3.8) is 0 Å². The lowest BCUT2D eigenvalue weighted by Gasteiger charge is -2.52. The average Bonchev–Trinajstić information content (AvgIpc) is 2.59. The Morgan fingerprint density at radius 1 is 1.07 bits per heavy atom. The quantitative estimate of drug-likeness (QED) is 0.773. The molecule has 4 heteroatoms. The monoisotopic (exact) mass is 367 g/mol. The number of benzene rings is 2. The highest BCUT2D eigenvalue weighted by molar-refractivity contribution is 5.86. The molecule has 1 N–H and O–H groups in total. The second-order valence-corrected chi connectivity index (χ2v) is 9.09. The molecule has 2 heterocycles. The summed E-state index contributed by atoms with van der Waals surface area (Å²) in [5.41, 5.74) is -0.425. The predicted octanol–water partition coefficient (Wildman–Crippen LogP) is 4.98. The van der Waals surface area contributed by atoms with Crippen LogP contribution in [0.2, 0.25) is 0 Å². The number of nitrogens with zero attached hydrogens (tertiary/aromatic N) is 1. The van der Waals surface area contributed by atoms with Crippen LogP contribution in [0, 0.1) is 0 Å². The zero-order chi connectivity index (χ0) is 19.2. The van der Waals surface area contributed by atoms with Crippen molar-refractivity contribution in [3.8, 4) is 0 Å². The van der Waals surface area contributed by atoms with Crippen LogP contribution in [0.5, 0.6) is 0 Å². The minimum atomic E-state index is -0.908. The van der Waals surface area contributed by atoms with Gasteiger partial charge in [0, 0.05) is 24.9 Å². The summed E-state index contributed by atoms with van der Waals surface area (Å²) >= 11 is 0. The summed E-state index contributed by atoms with van der Waals surface area (Å²) in [6.45, 7) is 5.70. The van der Waals surface area contributed by atoms with Crippen molar-refractivity contribution in [1.29, 1.82) is 0 Å². The molecule has 4 rings (SSSR count). The minimum Gasteiger partial charge on any atom is -0.444 e. The zero-order valence-corrected chi connectivity index (χ0v) is 16.4. The first-order valence-corrected chi connectivity index (χ1v) is 9.99. The van der Waals surface area contributed by atoms with Crippen LogP contribution in [0.3, 0.4) is 0 Å². The van der Waals surface area contributed by atoms with Gasteiger partial charge in [-0.1, -0.05) is 42.5 Å². The molecule has 144 valence electrons. The molecule has 0 spiro atoms. The van der Waals surface area contributed by atoms with Crippen molar-refractivity contribution in [2.24, 2.45) is 0 Å². The Morgan fingerprint density at radius 2 is 1.70 bits per heavy atom. The van der Waals surface area contributed by atoms with Crippen LogP contribution in [0.15, 0.2) is 42.5 Å². The normalized spacial score (nSPS) is 28.2. The summed E-state index contributed by atoms with van der Waals surface area (Å²) in [6, 6.07) is 14.4. The van der Waals surface area contributed by atoms with Gasteiger partial charge in [-0.3, -0.25) is 0 Å². The second-order valence-electron chi connectivity index (χ2n) is 9.09. The number of amides is 1. The Labute approximate surface area is 161 Å². The fourth-order valence-corrected chi connectivity index (χ4v) is 4.89. The molecule has 2 atom stereocenters. The topological polar surface area (TPSA) is 49.8 Å². The molecule has 2 fully saturated rings. The standard InChI is InChI=1S/C23H29NO3/c1-22(2,3)27-21(25)24-17-10-7-11-18(24)15-23(26,14-17)20-13-6-9-16-8-4-5-12-19(16)20/h4-6,8-9,12-13,17-18,26H,7,10-11,14-15H2,1-3H3. The molecule has 2 aliphatic rings. The number of ether oxygens (including phenoxy) is 1. The summed E-state index contributed by atoms with van der Waals surface area (Å²) < 4.78 is 5.66. The van der Waals surface area contributed by atoms with E-state index in [1.165, 1.54) is 0 Å². The Hall–Kier alpha value is -2.07. The molecule has 0 saturated carbocycles. The van der Waals surface area contributed by atoms with E-state index in [1.807, 2.05) is 49.9 Å². The third kappa shape index (κ3) is 3.43. The Balaban J connectivity index is 1.67. The SMILES string of the molecule is CC(C)(C)OC(=O)N1C2CCCC1CC(O)(c1cccc3ccccc13)C2. The number of carbonyl (C=O) groups excluding carboxylic acids is 1. The fourth-order valence-electron chi connectivity index (χ4n) is 4.89. The van der Waals surface area contributed by atoms with Gasteiger partial charge in [-0.25, -0.2) is 4.79 Å². The number of carbonyl (C=O) groups is 1. The lowest BCUT2D eigenvalue weighted by Crippen LogP contribution is -2.59. The fraction of sp³-hybridized carbons (Fsp3) is 0.522. The van der Waals surface area contributed by atoms with E-state index in [4.69, 9.17) is 4.74 Å². The van der Waals surface area contributed by atoms with Crippen molar-refractivity contribution in [2.45, 2.75) is 76.2 Å². The summed E-state index contributed by atoms with van der Waals surface area (Å²) in [6.07, 6.45) is 3.83. The van der Waals surface area contributed by atoms with Crippen molar-refractivity contribution < 1.29 is 14.6 Å². The van der Waals surface area contributed by atoms with Gasteiger partial charge < -0.3 is 14.7 Å². The van der Waals surface area contributed by atoms with Crippen molar-refractivity contribution in [2.75, 3.05) is 0 Å². The molecule has 27 heavy (non-hydrogen) atoms. The molecular weight excluding hydrogens is 338 g/mol. The summed E-state index contributed by atoms with van der Waals surface area (Å²) in [7, 11) is 0. The Bertz CT molecular complexity index is 835. The summed E-state index contributed by atoms with van der Waals surface area (Å²) in [5, 5.41) is 13.9. The number of fused-ring (bicyclic) bond motifs is 3. The first kappa shape index (κ1) is 18.3. The maximum atomic E-state index is 12.8. The van der Waals surface area contributed by atoms with Crippen LogP contribution in [0.1, 0.15) is 58.4 Å². The van der Waals surface area contributed by atoms with Gasteiger partial charge in [-0.15, -0.1) is 0 Å². The lowest BCUT2D eigenvalue weighted by molar-refractivity contribution is -0.0958. The highest BCUT2D eigenvalue weighted by atomic mass is 16.6. The van der Waals surface area contributed by atoms with Gasteiger partial charge in [0.05, 0.1) is 5.60 Å². The number of hydrogen-bond donors (Lipinski definition) is 1. The number of aliphatic hydroxyl groups is 1. The molecule has 4 nitrogen and oxygen atoms in total. The molecule has 2 bridgehead atoms. The molecule has 2 unspecified atom stereocenters. The highest BCUT2D eigenvalue weighted by Crippen LogP contribution is 2.46. The first-order chi connectivity index (χ1) is 12.8. The third-order valence-corrected chi connectivity index (χ3v) is 5.90. The van der Waals surface area contributed by atoms with Crippen molar-refractivity contribution in [3.05, 3.63) is 48.0 Å². The van der Waals surface area contributed by atoms with Crippen LogP contribution in [-0.2, 0) is 10.3 Å².